The van der Waals surface area contributed by atoms with Gasteiger partial charge in [0.05, 0.1) is 28.8 Å². The maximum atomic E-state index is 12.7. The molecule has 0 aliphatic carbocycles. The van der Waals surface area contributed by atoms with Gasteiger partial charge in [0, 0.05) is 6.61 Å². The normalized spacial score (nSPS) is 16.6. The fourth-order valence-corrected chi connectivity index (χ4v) is 4.91. The van der Waals surface area contributed by atoms with Crippen molar-refractivity contribution in [3.8, 4) is 10.7 Å². The first kappa shape index (κ1) is 18.5. The van der Waals surface area contributed by atoms with Gasteiger partial charge in [-0.25, -0.2) is 0 Å². The maximum absolute atomic E-state index is 12.7. The van der Waals surface area contributed by atoms with Crippen molar-refractivity contribution in [1.82, 2.24) is 29.8 Å². The van der Waals surface area contributed by atoms with E-state index in [-0.39, 0.29) is 11.7 Å². The lowest BCUT2D eigenvalue weighted by Crippen LogP contribution is -2.23. The molecular formula is C19H18N6O2S2. The minimum Gasteiger partial charge on any atom is -0.376 e. The summed E-state index contributed by atoms with van der Waals surface area (Å²) in [7, 11) is 0. The molecule has 5 rings (SSSR count). The van der Waals surface area contributed by atoms with Crippen LogP contribution in [0.5, 0.6) is 0 Å². The molecule has 0 radical (unpaired) electrons. The van der Waals surface area contributed by atoms with Crippen molar-refractivity contribution in [3.05, 3.63) is 52.1 Å². The molecule has 3 aromatic heterocycles. The number of fused-ring (bicyclic) bond motifs is 1. The number of rotatable bonds is 6. The number of benzene rings is 1. The molecule has 4 aromatic rings. The highest BCUT2D eigenvalue weighted by molar-refractivity contribution is 7.98. The molecule has 0 N–H and O–H groups in total. The number of nitrogens with zero attached hydrogens (tertiary/aromatic N) is 6. The van der Waals surface area contributed by atoms with Crippen molar-refractivity contribution in [3.63, 3.8) is 0 Å². The summed E-state index contributed by atoms with van der Waals surface area (Å²) in [5.74, 6) is 1.14. The van der Waals surface area contributed by atoms with Crippen LogP contribution in [0, 0.1) is 0 Å². The van der Waals surface area contributed by atoms with Gasteiger partial charge in [-0.05, 0) is 36.4 Å². The van der Waals surface area contributed by atoms with E-state index in [1.54, 1.807) is 23.5 Å². The molecule has 0 saturated carbocycles. The molecular weight excluding hydrogens is 408 g/mol. The van der Waals surface area contributed by atoms with Crippen LogP contribution in [0.2, 0.25) is 0 Å². The second-order valence-corrected chi connectivity index (χ2v) is 8.57. The zero-order chi connectivity index (χ0) is 19.6. The van der Waals surface area contributed by atoms with Crippen LogP contribution >= 0.6 is 23.1 Å². The van der Waals surface area contributed by atoms with Gasteiger partial charge in [0.2, 0.25) is 0 Å². The molecule has 1 saturated heterocycles. The van der Waals surface area contributed by atoms with Crippen LogP contribution in [0.15, 0.2) is 51.7 Å². The first-order valence-electron chi connectivity index (χ1n) is 9.33. The Labute approximate surface area is 174 Å². The van der Waals surface area contributed by atoms with Gasteiger partial charge >= 0.3 is 0 Å². The lowest BCUT2D eigenvalue weighted by molar-refractivity contribution is 0.0953. The van der Waals surface area contributed by atoms with Crippen LogP contribution in [0.3, 0.4) is 0 Å². The molecule has 29 heavy (non-hydrogen) atoms. The molecule has 1 aromatic carbocycles. The SMILES string of the molecule is O=c1c2ccccc2nnn1CSc1nnc(-c2cccs2)n1C[C@@H]1CCCO1. The monoisotopic (exact) mass is 426 g/mol. The molecule has 8 nitrogen and oxygen atoms in total. The average Bonchev–Trinajstić information content (AvgIpc) is 3.51. The van der Waals surface area contributed by atoms with E-state index in [4.69, 9.17) is 4.74 Å². The van der Waals surface area contributed by atoms with Gasteiger partial charge in [-0.1, -0.05) is 35.2 Å². The molecule has 1 aliphatic rings. The molecule has 1 fully saturated rings. The van der Waals surface area contributed by atoms with Crippen molar-refractivity contribution in [2.75, 3.05) is 6.61 Å². The van der Waals surface area contributed by atoms with Crippen molar-refractivity contribution in [1.29, 1.82) is 0 Å². The van der Waals surface area contributed by atoms with E-state index in [0.717, 1.165) is 35.3 Å². The third-order valence-corrected chi connectivity index (χ3v) is 6.61. The first-order valence-corrected chi connectivity index (χ1v) is 11.2. The quantitative estimate of drug-likeness (QED) is 0.438. The summed E-state index contributed by atoms with van der Waals surface area (Å²) in [5, 5.41) is 20.3. The lowest BCUT2D eigenvalue weighted by atomic mass is 10.2. The summed E-state index contributed by atoms with van der Waals surface area (Å²) in [6.07, 6.45) is 2.26. The van der Waals surface area contributed by atoms with Crippen LogP contribution in [-0.2, 0) is 17.2 Å². The average molecular weight is 427 g/mol. The van der Waals surface area contributed by atoms with Crippen LogP contribution < -0.4 is 5.56 Å². The topological polar surface area (TPSA) is 87.7 Å². The molecule has 4 heterocycles. The van der Waals surface area contributed by atoms with E-state index < -0.39 is 0 Å². The van der Waals surface area contributed by atoms with Gasteiger partial charge in [-0.15, -0.1) is 26.6 Å². The maximum Gasteiger partial charge on any atom is 0.278 e. The smallest absolute Gasteiger partial charge is 0.278 e. The minimum absolute atomic E-state index is 0.159. The standard InChI is InChI=1S/C19H18N6O2S2/c26-18-14-6-1-2-7-15(14)20-23-25(18)12-29-19-22-21-17(16-8-4-10-28-16)24(19)11-13-5-3-9-27-13/h1-2,4,6-8,10,13H,3,5,9,11-12H2/t13-/m0/s1. The molecule has 10 heteroatoms. The zero-order valence-corrected chi connectivity index (χ0v) is 17.1. The Morgan fingerprint density at radius 1 is 1.17 bits per heavy atom. The van der Waals surface area contributed by atoms with E-state index in [1.165, 1.54) is 16.4 Å². The van der Waals surface area contributed by atoms with Gasteiger partial charge in [0.25, 0.3) is 5.56 Å². The fourth-order valence-electron chi connectivity index (χ4n) is 3.37. The minimum atomic E-state index is -0.160. The molecule has 0 amide bonds. The van der Waals surface area contributed by atoms with Crippen LogP contribution in [-0.4, -0.2) is 42.5 Å². The molecule has 148 valence electrons. The molecule has 1 atom stereocenters. The number of thiophene rings is 1. The predicted molar refractivity (Wildman–Crippen MR) is 112 cm³/mol. The summed E-state index contributed by atoms with van der Waals surface area (Å²) in [6.45, 7) is 1.49. The van der Waals surface area contributed by atoms with Gasteiger partial charge in [0.1, 0.15) is 5.52 Å². The van der Waals surface area contributed by atoms with Gasteiger partial charge < -0.3 is 4.74 Å². The van der Waals surface area contributed by atoms with Crippen molar-refractivity contribution in [2.45, 2.75) is 36.5 Å². The fraction of sp³-hybridized carbons (Fsp3) is 0.316. The molecule has 0 spiro atoms. The number of thioether (sulfide) groups is 1. The van der Waals surface area contributed by atoms with Gasteiger partial charge in [0.15, 0.2) is 11.0 Å². The Hall–Kier alpha value is -2.56. The zero-order valence-electron chi connectivity index (χ0n) is 15.5. The largest absolute Gasteiger partial charge is 0.376 e. The van der Waals surface area contributed by atoms with Crippen LogP contribution in [0.25, 0.3) is 21.6 Å². The van der Waals surface area contributed by atoms with Crippen LogP contribution in [0.1, 0.15) is 12.8 Å². The highest BCUT2D eigenvalue weighted by Crippen LogP contribution is 2.29. The molecule has 1 aliphatic heterocycles. The number of hydrogen-bond donors (Lipinski definition) is 0. The lowest BCUT2D eigenvalue weighted by Gasteiger charge is -2.14. The third kappa shape index (κ3) is 3.70. The third-order valence-electron chi connectivity index (χ3n) is 4.81. The van der Waals surface area contributed by atoms with E-state index in [9.17, 15) is 4.79 Å². The van der Waals surface area contributed by atoms with E-state index >= 15 is 0 Å². The second-order valence-electron chi connectivity index (χ2n) is 6.71. The highest BCUT2D eigenvalue weighted by Gasteiger charge is 2.22. The van der Waals surface area contributed by atoms with E-state index in [0.29, 0.717) is 23.3 Å². The Kier molecular flexibility index (Phi) is 5.13. The highest BCUT2D eigenvalue weighted by atomic mass is 32.2. The van der Waals surface area contributed by atoms with Gasteiger partial charge in [-0.3, -0.25) is 9.36 Å². The van der Waals surface area contributed by atoms with E-state index in [2.05, 4.69) is 25.1 Å². The molecule has 0 unspecified atom stereocenters. The Bertz CT molecular complexity index is 1180. The summed E-state index contributed by atoms with van der Waals surface area (Å²) >= 11 is 3.05. The first-order chi connectivity index (χ1) is 14.3. The van der Waals surface area contributed by atoms with Crippen molar-refractivity contribution >= 4 is 34.0 Å². The Morgan fingerprint density at radius 2 is 2.10 bits per heavy atom. The second kappa shape index (κ2) is 8.05. The number of aromatic nitrogens is 6. The summed E-state index contributed by atoms with van der Waals surface area (Å²) in [5.41, 5.74) is 0.437. The number of ether oxygens (including phenoxy) is 1. The summed E-state index contributed by atoms with van der Waals surface area (Å²) < 4.78 is 9.28. The van der Waals surface area contributed by atoms with Gasteiger partial charge in [-0.2, -0.15) is 4.68 Å². The summed E-state index contributed by atoms with van der Waals surface area (Å²) in [6, 6.07) is 11.3. The molecule has 0 bridgehead atoms. The van der Waals surface area contributed by atoms with Crippen molar-refractivity contribution < 1.29 is 4.74 Å². The van der Waals surface area contributed by atoms with E-state index in [1.807, 2.05) is 29.6 Å². The number of hydrogen-bond acceptors (Lipinski definition) is 8. The Morgan fingerprint density at radius 3 is 2.93 bits per heavy atom. The van der Waals surface area contributed by atoms with Crippen molar-refractivity contribution in [2.24, 2.45) is 0 Å². The predicted octanol–water partition coefficient (Wildman–Crippen LogP) is 3.04. The van der Waals surface area contributed by atoms with Crippen LogP contribution in [0.4, 0.5) is 0 Å². The Balaban J connectivity index is 1.43. The summed E-state index contributed by atoms with van der Waals surface area (Å²) in [4.78, 5) is 13.8.